The largest absolute Gasteiger partial charge is 0.533 e. The zero-order valence-corrected chi connectivity index (χ0v) is 9.00. The van der Waals surface area contributed by atoms with Crippen LogP contribution in [0.3, 0.4) is 0 Å². The average molecular weight is 224 g/mol. The van der Waals surface area contributed by atoms with Gasteiger partial charge in [0.05, 0.1) is 6.29 Å². The quantitative estimate of drug-likeness (QED) is 0.576. The molecule has 0 unspecified atom stereocenters. The number of benzene rings is 1. The first-order valence-corrected chi connectivity index (χ1v) is 2.90. The summed E-state index contributed by atoms with van der Waals surface area (Å²) in [7, 11) is 0. The average Bonchev–Trinajstić information content (AvgIpc) is 1.95. The molecule has 0 saturated carbocycles. The van der Waals surface area contributed by atoms with E-state index >= 15 is 0 Å². The summed E-state index contributed by atoms with van der Waals surface area (Å²) in [5, 5.41) is 9.15. The third-order valence-electron chi connectivity index (χ3n) is 1.31. The van der Waals surface area contributed by atoms with Gasteiger partial charge in [0.1, 0.15) is 0 Å². The van der Waals surface area contributed by atoms with Crippen LogP contribution in [0.15, 0.2) is 12.1 Å². The van der Waals surface area contributed by atoms with E-state index in [0.29, 0.717) is 17.4 Å². The standard InChI is InChI=1S/C8H7O2.Y/c1-6-3-2-4-7(5-9)8(6)10;/h3-5,10H,1H3;/q-1;. The fourth-order valence-electron chi connectivity index (χ4n) is 0.711. The van der Waals surface area contributed by atoms with Crippen molar-refractivity contribution >= 4 is 6.29 Å². The van der Waals surface area contributed by atoms with Crippen molar-refractivity contribution in [3.63, 3.8) is 0 Å². The fourth-order valence-corrected chi connectivity index (χ4v) is 0.711. The van der Waals surface area contributed by atoms with Gasteiger partial charge < -0.3 is 9.90 Å². The minimum atomic E-state index is 0. The monoisotopic (exact) mass is 224 g/mol. The molecule has 0 fully saturated rings. The van der Waals surface area contributed by atoms with Gasteiger partial charge in [-0.2, -0.15) is 18.2 Å². The van der Waals surface area contributed by atoms with E-state index in [4.69, 9.17) is 5.11 Å². The molecular weight excluding hydrogens is 217 g/mol. The number of aryl methyl sites for hydroxylation is 1. The zero-order valence-electron chi connectivity index (χ0n) is 6.16. The Morgan fingerprint density at radius 2 is 2.18 bits per heavy atom. The summed E-state index contributed by atoms with van der Waals surface area (Å²) in [5.41, 5.74) is 0.963. The minimum absolute atomic E-state index is 0. The van der Waals surface area contributed by atoms with Gasteiger partial charge in [-0.15, -0.1) is 5.56 Å². The van der Waals surface area contributed by atoms with Crippen molar-refractivity contribution in [1.82, 2.24) is 0 Å². The molecule has 1 N–H and O–H groups in total. The van der Waals surface area contributed by atoms with Crippen molar-refractivity contribution < 1.29 is 42.6 Å². The summed E-state index contributed by atoms with van der Waals surface area (Å²) in [5.74, 6) is 0.0498. The molecule has 0 aliphatic carbocycles. The van der Waals surface area contributed by atoms with Crippen LogP contribution in [0.1, 0.15) is 15.9 Å². The number of phenols is 1. The number of aldehydes is 1. The first-order valence-electron chi connectivity index (χ1n) is 2.90. The van der Waals surface area contributed by atoms with Crippen LogP contribution in [0.4, 0.5) is 0 Å². The van der Waals surface area contributed by atoms with Crippen LogP contribution in [0.25, 0.3) is 0 Å². The molecule has 0 amide bonds. The molecule has 0 bridgehead atoms. The van der Waals surface area contributed by atoms with E-state index in [1.807, 2.05) is 0 Å². The van der Waals surface area contributed by atoms with Gasteiger partial charge in [0.2, 0.25) is 0 Å². The predicted octanol–water partition coefficient (Wildman–Crippen LogP) is 1.31. The minimum Gasteiger partial charge on any atom is -0.533 e. The van der Waals surface area contributed by atoms with E-state index in [-0.39, 0.29) is 38.5 Å². The molecule has 0 aromatic heterocycles. The van der Waals surface area contributed by atoms with E-state index in [9.17, 15) is 4.79 Å². The summed E-state index contributed by atoms with van der Waals surface area (Å²) in [4.78, 5) is 10.2. The van der Waals surface area contributed by atoms with Gasteiger partial charge >= 0.3 is 0 Å². The molecule has 1 aromatic rings. The van der Waals surface area contributed by atoms with Crippen molar-refractivity contribution in [1.29, 1.82) is 0 Å². The van der Waals surface area contributed by atoms with Gasteiger partial charge in [-0.3, -0.25) is 0 Å². The zero-order chi connectivity index (χ0) is 7.56. The predicted molar refractivity (Wildman–Crippen MR) is 37.1 cm³/mol. The van der Waals surface area contributed by atoms with Crippen LogP contribution in [-0.4, -0.2) is 11.4 Å². The van der Waals surface area contributed by atoms with Gasteiger partial charge in [0, 0.05) is 38.5 Å². The third-order valence-corrected chi connectivity index (χ3v) is 1.31. The molecule has 3 heteroatoms. The molecule has 0 spiro atoms. The second kappa shape index (κ2) is 4.63. The fraction of sp³-hybridized carbons (Fsp3) is 0.125. The van der Waals surface area contributed by atoms with Crippen molar-refractivity contribution in [3.05, 3.63) is 29.3 Å². The molecule has 2 nitrogen and oxygen atoms in total. The number of phenolic OH excluding ortho intramolecular Hbond substituents is 1. The Bertz CT molecular complexity index is 258. The first kappa shape index (κ1) is 10.8. The van der Waals surface area contributed by atoms with Crippen molar-refractivity contribution in [3.8, 4) is 5.75 Å². The van der Waals surface area contributed by atoms with Crippen LogP contribution in [-0.2, 0) is 32.7 Å². The number of aromatic hydroxyl groups is 1. The maximum Gasteiger partial charge on any atom is 0.0985 e. The number of carbonyl (C=O) groups is 1. The van der Waals surface area contributed by atoms with Gasteiger partial charge in [0.25, 0.3) is 0 Å². The summed E-state index contributed by atoms with van der Waals surface area (Å²) >= 11 is 0. The van der Waals surface area contributed by atoms with Crippen LogP contribution in [0, 0.1) is 13.0 Å². The van der Waals surface area contributed by atoms with Gasteiger partial charge in [0.15, 0.2) is 0 Å². The topological polar surface area (TPSA) is 37.3 Å². The molecule has 0 aliphatic rings. The maximum atomic E-state index is 10.2. The number of rotatable bonds is 1. The van der Waals surface area contributed by atoms with E-state index in [1.54, 1.807) is 13.0 Å². The summed E-state index contributed by atoms with van der Waals surface area (Å²) in [6.07, 6.45) is 0.610. The van der Waals surface area contributed by atoms with Crippen LogP contribution >= 0.6 is 0 Å². The van der Waals surface area contributed by atoms with E-state index in [2.05, 4.69) is 6.07 Å². The number of hydrogen-bond donors (Lipinski definition) is 1. The molecule has 0 aliphatic heterocycles. The van der Waals surface area contributed by atoms with Gasteiger partial charge in [-0.05, 0) is 0 Å². The van der Waals surface area contributed by atoms with Crippen molar-refractivity contribution in [2.45, 2.75) is 6.92 Å². The van der Waals surface area contributed by atoms with E-state index in [1.165, 1.54) is 6.07 Å². The van der Waals surface area contributed by atoms with Gasteiger partial charge in [-0.1, -0.05) is 12.5 Å². The van der Waals surface area contributed by atoms with Crippen LogP contribution < -0.4 is 0 Å². The normalized spacial score (nSPS) is 8.45. The Balaban J connectivity index is 0.000001000. The number of hydrogen-bond acceptors (Lipinski definition) is 2. The molecule has 55 valence electrons. The molecule has 11 heavy (non-hydrogen) atoms. The Hall–Kier alpha value is -0.206. The Labute approximate surface area is 90.5 Å². The molecule has 1 aromatic carbocycles. The summed E-state index contributed by atoms with van der Waals surface area (Å²) in [6.45, 7) is 1.72. The Morgan fingerprint density at radius 3 is 2.64 bits per heavy atom. The first-order chi connectivity index (χ1) is 4.75. The summed E-state index contributed by atoms with van der Waals surface area (Å²) < 4.78 is 0. The molecular formula is C8H7O2Y-. The Kier molecular flexibility index (Phi) is 4.54. The second-order valence-corrected chi connectivity index (χ2v) is 2.06. The van der Waals surface area contributed by atoms with Crippen molar-refractivity contribution in [2.24, 2.45) is 0 Å². The van der Waals surface area contributed by atoms with Crippen LogP contribution in [0.5, 0.6) is 5.75 Å². The van der Waals surface area contributed by atoms with Crippen molar-refractivity contribution in [2.75, 3.05) is 0 Å². The number of carbonyl (C=O) groups excluding carboxylic acids is 1. The molecule has 1 rings (SSSR count). The molecule has 1 radical (unpaired) electrons. The molecule has 0 heterocycles. The Morgan fingerprint density at radius 1 is 1.55 bits per heavy atom. The summed E-state index contributed by atoms with van der Waals surface area (Å²) in [6, 6.07) is 5.81. The SMILES string of the molecule is Cc1c[c-]cc(C=O)c1O.[Y]. The molecule has 0 atom stereocenters. The van der Waals surface area contributed by atoms with E-state index < -0.39 is 0 Å². The maximum absolute atomic E-state index is 10.2. The molecule has 0 saturated heterocycles. The van der Waals surface area contributed by atoms with Crippen LogP contribution in [0.2, 0.25) is 0 Å². The van der Waals surface area contributed by atoms with E-state index in [0.717, 1.165) is 0 Å². The second-order valence-electron chi connectivity index (χ2n) is 2.06. The van der Waals surface area contributed by atoms with Gasteiger partial charge in [-0.25, -0.2) is 0 Å². The third kappa shape index (κ3) is 2.38. The smallest absolute Gasteiger partial charge is 0.0985 e.